The van der Waals surface area contributed by atoms with Crippen LogP contribution in [-0.2, 0) is 4.79 Å². The van der Waals surface area contributed by atoms with Crippen LogP contribution in [0.1, 0.15) is 40.7 Å². The Morgan fingerprint density at radius 1 is 1.23 bits per heavy atom. The number of carbonyl (C=O) groups excluding carboxylic acids is 3. The number of likely N-dealkylation sites (tertiary alicyclic amines) is 1. The molecule has 0 radical (unpaired) electrons. The van der Waals surface area contributed by atoms with Crippen LogP contribution in [0.15, 0.2) is 47.1 Å². The summed E-state index contributed by atoms with van der Waals surface area (Å²) in [5, 5.41) is 5.53. The normalized spacial score (nSPS) is 16.3. The molecule has 2 N–H and O–H groups in total. The lowest BCUT2D eigenvalue weighted by molar-refractivity contribution is -0.119. The molecule has 0 bridgehead atoms. The van der Waals surface area contributed by atoms with Crippen molar-refractivity contribution in [3.05, 3.63) is 54.0 Å². The molecule has 2 heterocycles. The predicted octanol–water partition coefficient (Wildman–Crippen LogP) is 2.27. The van der Waals surface area contributed by atoms with Crippen molar-refractivity contribution in [2.45, 2.75) is 25.8 Å². The van der Waals surface area contributed by atoms with Crippen LogP contribution in [0, 0.1) is 0 Å². The van der Waals surface area contributed by atoms with Crippen LogP contribution in [-0.4, -0.2) is 41.8 Å². The largest absolute Gasteiger partial charge is 0.459 e. The van der Waals surface area contributed by atoms with Crippen molar-refractivity contribution >= 4 is 23.4 Å². The second kappa shape index (κ2) is 7.86. The van der Waals surface area contributed by atoms with Crippen LogP contribution in [0.25, 0.3) is 0 Å². The maximum atomic E-state index is 12.7. The van der Waals surface area contributed by atoms with E-state index >= 15 is 0 Å². The van der Waals surface area contributed by atoms with E-state index in [1.807, 2.05) is 6.92 Å². The van der Waals surface area contributed by atoms with Crippen LogP contribution < -0.4 is 10.6 Å². The van der Waals surface area contributed by atoms with Crippen LogP contribution >= 0.6 is 0 Å². The molecule has 0 saturated carbocycles. The summed E-state index contributed by atoms with van der Waals surface area (Å²) in [6.07, 6.45) is 2.78. The minimum absolute atomic E-state index is 0.195. The Balaban J connectivity index is 1.70. The third-order valence-corrected chi connectivity index (χ3v) is 4.28. The van der Waals surface area contributed by atoms with Gasteiger partial charge in [-0.25, -0.2) is 0 Å². The summed E-state index contributed by atoms with van der Waals surface area (Å²) in [5.74, 6) is -0.527. The fourth-order valence-electron chi connectivity index (χ4n) is 3.05. The highest BCUT2D eigenvalue weighted by Gasteiger charge is 2.35. The highest BCUT2D eigenvalue weighted by molar-refractivity contribution is 6.01. The van der Waals surface area contributed by atoms with Crippen molar-refractivity contribution in [1.82, 2.24) is 10.2 Å². The zero-order chi connectivity index (χ0) is 18.5. The van der Waals surface area contributed by atoms with Crippen molar-refractivity contribution in [1.29, 1.82) is 0 Å². The van der Waals surface area contributed by atoms with Crippen LogP contribution in [0.5, 0.6) is 0 Å². The van der Waals surface area contributed by atoms with E-state index < -0.39 is 6.04 Å². The molecule has 1 aromatic carbocycles. The van der Waals surface area contributed by atoms with Gasteiger partial charge in [0.25, 0.3) is 11.8 Å². The quantitative estimate of drug-likeness (QED) is 0.861. The van der Waals surface area contributed by atoms with Crippen molar-refractivity contribution in [2.24, 2.45) is 0 Å². The zero-order valence-corrected chi connectivity index (χ0v) is 14.5. The summed E-state index contributed by atoms with van der Waals surface area (Å²) in [7, 11) is 0. The summed E-state index contributed by atoms with van der Waals surface area (Å²) in [5.41, 5.74) is 0.996. The first-order valence-corrected chi connectivity index (χ1v) is 8.63. The maximum absolute atomic E-state index is 12.7. The standard InChI is InChI=1S/C19H21N3O4/c1-2-20-17(23)13-6-3-7-14(12-13)21-18(24)15-8-4-10-22(15)19(25)16-9-5-11-26-16/h3,5-7,9,11-12,15H,2,4,8,10H2,1H3,(H,20,23)(H,21,24)/t15-/m0/s1. The van der Waals surface area contributed by atoms with E-state index in [1.165, 1.54) is 11.2 Å². The van der Waals surface area contributed by atoms with E-state index in [1.54, 1.807) is 36.4 Å². The first-order valence-electron chi connectivity index (χ1n) is 8.63. The summed E-state index contributed by atoms with van der Waals surface area (Å²) in [6.45, 7) is 2.88. The van der Waals surface area contributed by atoms with Gasteiger partial charge >= 0.3 is 0 Å². The highest BCUT2D eigenvalue weighted by atomic mass is 16.3. The Labute approximate surface area is 151 Å². The molecular formula is C19H21N3O4. The number of amides is 3. The summed E-state index contributed by atoms with van der Waals surface area (Å²) in [6, 6.07) is 9.41. The van der Waals surface area contributed by atoms with Crippen LogP contribution in [0.3, 0.4) is 0 Å². The Bertz CT molecular complexity index is 801. The van der Waals surface area contributed by atoms with E-state index in [-0.39, 0.29) is 23.5 Å². The molecule has 7 nitrogen and oxygen atoms in total. The monoisotopic (exact) mass is 355 g/mol. The molecular weight excluding hydrogens is 334 g/mol. The molecule has 0 aliphatic carbocycles. The summed E-state index contributed by atoms with van der Waals surface area (Å²) >= 11 is 0. The number of furan rings is 1. The molecule has 136 valence electrons. The highest BCUT2D eigenvalue weighted by Crippen LogP contribution is 2.22. The lowest BCUT2D eigenvalue weighted by atomic mass is 10.1. The molecule has 1 fully saturated rings. The van der Waals surface area contributed by atoms with Gasteiger partial charge in [0.15, 0.2) is 5.76 Å². The Morgan fingerprint density at radius 2 is 2.08 bits per heavy atom. The zero-order valence-electron chi connectivity index (χ0n) is 14.5. The van der Waals surface area contributed by atoms with Crippen molar-refractivity contribution in [3.63, 3.8) is 0 Å². The molecule has 1 aliphatic heterocycles. The number of nitrogens with one attached hydrogen (secondary N) is 2. The van der Waals surface area contributed by atoms with Crippen LogP contribution in [0.2, 0.25) is 0 Å². The number of benzene rings is 1. The molecule has 0 spiro atoms. The van der Waals surface area contributed by atoms with E-state index in [9.17, 15) is 14.4 Å². The molecule has 0 unspecified atom stereocenters. The topological polar surface area (TPSA) is 91.7 Å². The predicted molar refractivity (Wildman–Crippen MR) is 95.8 cm³/mol. The maximum Gasteiger partial charge on any atom is 0.290 e. The minimum Gasteiger partial charge on any atom is -0.459 e. The molecule has 1 saturated heterocycles. The second-order valence-corrected chi connectivity index (χ2v) is 6.06. The summed E-state index contributed by atoms with van der Waals surface area (Å²) < 4.78 is 5.15. The Kier molecular flexibility index (Phi) is 5.36. The number of nitrogens with zero attached hydrogens (tertiary/aromatic N) is 1. The molecule has 3 amide bonds. The van der Waals surface area contributed by atoms with Gasteiger partial charge in [0.2, 0.25) is 5.91 Å². The number of anilines is 1. The van der Waals surface area contributed by atoms with Crippen LogP contribution in [0.4, 0.5) is 5.69 Å². The average Bonchev–Trinajstić information content (AvgIpc) is 3.33. The van der Waals surface area contributed by atoms with Gasteiger partial charge < -0.3 is 20.0 Å². The van der Waals surface area contributed by atoms with Crippen molar-refractivity contribution < 1.29 is 18.8 Å². The molecule has 2 aromatic rings. The van der Waals surface area contributed by atoms with E-state index in [2.05, 4.69) is 10.6 Å². The SMILES string of the molecule is CCNC(=O)c1cccc(NC(=O)[C@@H]2CCCN2C(=O)c2ccco2)c1. The second-order valence-electron chi connectivity index (χ2n) is 6.06. The van der Waals surface area contributed by atoms with Gasteiger partial charge in [-0.05, 0) is 50.1 Å². The van der Waals surface area contributed by atoms with Gasteiger partial charge in [-0.1, -0.05) is 6.07 Å². The smallest absolute Gasteiger partial charge is 0.290 e. The summed E-state index contributed by atoms with van der Waals surface area (Å²) in [4.78, 5) is 38.6. The Hall–Kier alpha value is -3.09. The van der Waals surface area contributed by atoms with Gasteiger partial charge in [0.1, 0.15) is 6.04 Å². The van der Waals surface area contributed by atoms with Crippen molar-refractivity contribution in [2.75, 3.05) is 18.4 Å². The molecule has 7 heteroatoms. The molecule has 1 atom stereocenters. The van der Waals surface area contributed by atoms with Gasteiger partial charge in [-0.2, -0.15) is 0 Å². The minimum atomic E-state index is -0.555. The van der Waals surface area contributed by atoms with E-state index in [0.717, 1.165) is 6.42 Å². The van der Waals surface area contributed by atoms with Gasteiger partial charge in [0, 0.05) is 24.3 Å². The average molecular weight is 355 g/mol. The molecule has 1 aliphatic rings. The van der Waals surface area contributed by atoms with Crippen molar-refractivity contribution in [3.8, 4) is 0 Å². The first kappa shape index (κ1) is 17.7. The number of hydrogen-bond acceptors (Lipinski definition) is 4. The molecule has 3 rings (SSSR count). The number of hydrogen-bond donors (Lipinski definition) is 2. The lowest BCUT2D eigenvalue weighted by Gasteiger charge is -2.23. The van der Waals surface area contributed by atoms with E-state index in [4.69, 9.17) is 4.42 Å². The number of rotatable bonds is 5. The van der Waals surface area contributed by atoms with Gasteiger partial charge in [-0.15, -0.1) is 0 Å². The van der Waals surface area contributed by atoms with E-state index in [0.29, 0.717) is 30.8 Å². The van der Waals surface area contributed by atoms with Gasteiger partial charge in [0.05, 0.1) is 6.26 Å². The first-order chi connectivity index (χ1) is 12.6. The third kappa shape index (κ3) is 3.77. The molecule has 26 heavy (non-hydrogen) atoms. The molecule has 1 aromatic heterocycles. The lowest BCUT2D eigenvalue weighted by Crippen LogP contribution is -2.43. The fraction of sp³-hybridized carbons (Fsp3) is 0.316. The van der Waals surface area contributed by atoms with Gasteiger partial charge in [-0.3, -0.25) is 14.4 Å². The fourth-order valence-corrected chi connectivity index (χ4v) is 3.05. The number of carbonyl (C=O) groups is 3. The third-order valence-electron chi connectivity index (χ3n) is 4.28. The Morgan fingerprint density at radius 3 is 2.81 bits per heavy atom.